The third-order valence-electron chi connectivity index (χ3n) is 3.17. The predicted molar refractivity (Wildman–Crippen MR) is 85.4 cm³/mol. The van der Waals surface area contributed by atoms with Crippen LogP contribution in [0.15, 0.2) is 12.2 Å². The molecular weight excluding hydrogens is 256 g/mol. The molecule has 2 nitrogen and oxygen atoms in total. The minimum atomic E-state index is -1.13. The van der Waals surface area contributed by atoms with Crippen LogP contribution in [0, 0.1) is 0 Å². The monoisotopic (exact) mass is 286 g/mol. The molecule has 0 radical (unpaired) electrons. The average Bonchev–Trinajstić information content (AvgIpc) is 2.18. The van der Waals surface area contributed by atoms with Gasteiger partial charge in [0.05, 0.1) is 7.11 Å². The van der Waals surface area contributed by atoms with Crippen LogP contribution in [0.4, 0.5) is 0 Å². The lowest BCUT2D eigenvalue weighted by molar-refractivity contribution is -0.140. The Morgan fingerprint density at radius 1 is 1.11 bits per heavy atom. The van der Waals surface area contributed by atoms with Crippen LogP contribution in [0.2, 0.25) is 44.4 Å². The van der Waals surface area contributed by atoms with E-state index in [-0.39, 0.29) is 5.97 Å². The molecule has 0 saturated carbocycles. The molecule has 0 aromatic rings. The highest BCUT2D eigenvalue weighted by atomic mass is 28.4. The normalized spacial score (nSPS) is 13.3. The molecule has 0 aliphatic carbocycles. The number of esters is 1. The zero-order valence-corrected chi connectivity index (χ0v) is 15.2. The maximum Gasteiger partial charge on any atom is 0.305 e. The summed E-state index contributed by atoms with van der Waals surface area (Å²) in [5.41, 5.74) is 0. The lowest BCUT2D eigenvalue weighted by Gasteiger charge is -2.36. The number of unbranched alkanes of at least 4 members (excludes halogenated alkanes) is 1. The van der Waals surface area contributed by atoms with Crippen molar-refractivity contribution < 1.29 is 9.53 Å². The molecule has 0 aromatic heterocycles. The van der Waals surface area contributed by atoms with Gasteiger partial charge in [-0.2, -0.15) is 0 Å². The third kappa shape index (κ3) is 7.16. The van der Waals surface area contributed by atoms with Gasteiger partial charge in [0.15, 0.2) is 0 Å². The first-order valence-electron chi connectivity index (χ1n) is 6.82. The third-order valence-corrected chi connectivity index (χ3v) is 12.5. The number of allylic oxidation sites excluding steroid dienone is 2. The van der Waals surface area contributed by atoms with Crippen LogP contribution >= 0.6 is 0 Å². The molecule has 0 rings (SSSR count). The van der Waals surface area contributed by atoms with E-state index in [1.165, 1.54) is 7.11 Å². The summed E-state index contributed by atoms with van der Waals surface area (Å²) in [5.74, 6) is -0.102. The molecule has 0 aromatic carbocycles. The maximum absolute atomic E-state index is 11.0. The van der Waals surface area contributed by atoms with Crippen molar-refractivity contribution in [1.82, 2.24) is 0 Å². The van der Waals surface area contributed by atoms with Gasteiger partial charge in [0.1, 0.15) is 0 Å². The summed E-state index contributed by atoms with van der Waals surface area (Å²) in [6, 6.07) is 0. The summed E-state index contributed by atoms with van der Waals surface area (Å²) < 4.78 is 4.64. The van der Waals surface area contributed by atoms with Gasteiger partial charge in [0, 0.05) is 22.6 Å². The second-order valence-electron chi connectivity index (χ2n) is 7.11. The Bertz CT molecular complexity index is 271. The van der Waals surface area contributed by atoms with Gasteiger partial charge in [-0.1, -0.05) is 51.4 Å². The van der Waals surface area contributed by atoms with E-state index in [4.69, 9.17) is 0 Å². The van der Waals surface area contributed by atoms with Crippen molar-refractivity contribution in [3.05, 3.63) is 12.2 Å². The van der Waals surface area contributed by atoms with Gasteiger partial charge in [-0.3, -0.25) is 4.79 Å². The van der Waals surface area contributed by atoms with E-state index in [1.807, 2.05) is 0 Å². The van der Waals surface area contributed by atoms with Crippen molar-refractivity contribution in [2.24, 2.45) is 0 Å². The zero-order chi connectivity index (χ0) is 14.4. The lowest BCUT2D eigenvalue weighted by atomic mass is 10.2. The highest BCUT2D eigenvalue weighted by Crippen LogP contribution is 2.33. The number of carbonyl (C=O) groups excluding carboxylic acids is 1. The number of carbonyl (C=O) groups is 1. The van der Waals surface area contributed by atoms with Gasteiger partial charge < -0.3 is 4.74 Å². The molecule has 0 aliphatic heterocycles. The molecule has 106 valence electrons. The smallest absolute Gasteiger partial charge is 0.305 e. The molecule has 0 heterocycles. The largest absolute Gasteiger partial charge is 0.469 e. The Labute approximate surface area is 115 Å². The van der Waals surface area contributed by atoms with Gasteiger partial charge in [0.25, 0.3) is 0 Å². The highest BCUT2D eigenvalue weighted by molar-refractivity contribution is 6.96. The van der Waals surface area contributed by atoms with Crippen molar-refractivity contribution in [2.75, 3.05) is 7.11 Å². The molecule has 0 aliphatic rings. The molecule has 0 unspecified atom stereocenters. The Morgan fingerprint density at radius 2 is 1.61 bits per heavy atom. The van der Waals surface area contributed by atoms with Crippen molar-refractivity contribution in [3.8, 4) is 0 Å². The van der Waals surface area contributed by atoms with Gasteiger partial charge >= 0.3 is 5.97 Å². The second kappa shape index (κ2) is 7.29. The molecule has 0 bridgehead atoms. The molecule has 0 amide bonds. The number of rotatable bonds is 7. The van der Waals surface area contributed by atoms with Gasteiger partial charge in [0.2, 0.25) is 0 Å². The van der Waals surface area contributed by atoms with Crippen molar-refractivity contribution in [1.29, 1.82) is 0 Å². The van der Waals surface area contributed by atoms with Gasteiger partial charge in [-0.05, 0) is 18.0 Å². The zero-order valence-electron chi connectivity index (χ0n) is 13.2. The highest BCUT2D eigenvalue weighted by Gasteiger charge is 2.35. The van der Waals surface area contributed by atoms with Crippen LogP contribution in [0.3, 0.4) is 0 Å². The topological polar surface area (TPSA) is 26.3 Å². The summed E-state index contributed by atoms with van der Waals surface area (Å²) in [6.07, 6.45) is 7.14. The molecular formula is C14H30O2Si2. The number of ether oxygens (including phenoxy) is 1. The number of methoxy groups -OCH3 is 1. The van der Waals surface area contributed by atoms with E-state index >= 15 is 0 Å². The van der Waals surface area contributed by atoms with E-state index in [0.29, 0.717) is 6.42 Å². The van der Waals surface area contributed by atoms with Crippen LogP contribution < -0.4 is 0 Å². The summed E-state index contributed by atoms with van der Waals surface area (Å²) >= 11 is 0. The summed E-state index contributed by atoms with van der Waals surface area (Å²) in [5, 5.41) is 0.808. The predicted octanol–water partition coefficient (Wildman–Crippen LogP) is 4.47. The SMILES string of the molecule is COC(=O)CCC/C=C/C([Si](C)(C)C)[Si](C)(C)C. The van der Waals surface area contributed by atoms with Gasteiger partial charge in [-0.15, -0.1) is 0 Å². The number of hydrogen-bond donors (Lipinski definition) is 0. The lowest BCUT2D eigenvalue weighted by Crippen LogP contribution is -2.42. The van der Waals surface area contributed by atoms with E-state index in [9.17, 15) is 4.79 Å². The first kappa shape index (κ1) is 17.6. The van der Waals surface area contributed by atoms with E-state index < -0.39 is 16.1 Å². The maximum atomic E-state index is 11.0. The molecule has 18 heavy (non-hydrogen) atoms. The first-order chi connectivity index (χ1) is 8.09. The van der Waals surface area contributed by atoms with E-state index in [2.05, 4.69) is 56.2 Å². The van der Waals surface area contributed by atoms with Crippen LogP contribution in [-0.2, 0) is 9.53 Å². The van der Waals surface area contributed by atoms with Gasteiger partial charge in [-0.25, -0.2) is 0 Å². The quantitative estimate of drug-likeness (QED) is 0.299. The van der Waals surface area contributed by atoms with Crippen LogP contribution in [0.1, 0.15) is 19.3 Å². The fourth-order valence-corrected chi connectivity index (χ4v) is 14.4. The molecule has 0 N–H and O–H groups in total. The molecule has 0 fully saturated rings. The molecule has 0 saturated heterocycles. The minimum absolute atomic E-state index is 0.102. The van der Waals surface area contributed by atoms with Crippen molar-refractivity contribution in [2.45, 2.75) is 63.7 Å². The molecule has 4 heteroatoms. The molecule has 0 spiro atoms. The van der Waals surface area contributed by atoms with Crippen LogP contribution in [0.5, 0.6) is 0 Å². The number of hydrogen-bond acceptors (Lipinski definition) is 2. The summed E-state index contributed by atoms with van der Waals surface area (Å²) in [4.78, 5) is 11.0. The van der Waals surface area contributed by atoms with E-state index in [1.54, 1.807) is 0 Å². The molecule has 0 atom stereocenters. The fourth-order valence-electron chi connectivity index (χ4n) is 2.58. The summed E-state index contributed by atoms with van der Waals surface area (Å²) in [6.45, 7) is 14.7. The minimum Gasteiger partial charge on any atom is -0.469 e. The Morgan fingerprint density at radius 3 is 2.00 bits per heavy atom. The Hall–Kier alpha value is -0.356. The first-order valence-corrected chi connectivity index (χ1v) is 14.0. The van der Waals surface area contributed by atoms with Crippen LogP contribution in [0.25, 0.3) is 0 Å². The Balaban J connectivity index is 4.31. The van der Waals surface area contributed by atoms with E-state index in [0.717, 1.165) is 18.0 Å². The second-order valence-corrected chi connectivity index (χ2v) is 18.4. The van der Waals surface area contributed by atoms with Crippen molar-refractivity contribution >= 4 is 22.1 Å². The summed E-state index contributed by atoms with van der Waals surface area (Å²) in [7, 11) is -0.806. The standard InChI is InChI=1S/C14H30O2Si2/c1-16-13(15)11-9-8-10-12-14(17(2,3)4)18(5,6)7/h10,12,14H,8-9,11H2,1-7H3/b12-10+. The average molecular weight is 287 g/mol. The van der Waals surface area contributed by atoms with Crippen molar-refractivity contribution in [3.63, 3.8) is 0 Å². The van der Waals surface area contributed by atoms with Crippen LogP contribution in [-0.4, -0.2) is 29.2 Å². The fraction of sp³-hybridized carbons (Fsp3) is 0.786. The Kier molecular flexibility index (Phi) is 7.14.